The van der Waals surface area contributed by atoms with E-state index in [1.807, 2.05) is 31.2 Å². The van der Waals surface area contributed by atoms with Crippen molar-refractivity contribution < 1.29 is 14.6 Å². The number of benzene rings is 2. The molecule has 24 heavy (non-hydrogen) atoms. The number of aliphatic hydroxyl groups is 1. The van der Waals surface area contributed by atoms with Gasteiger partial charge in [0.25, 0.3) is 0 Å². The van der Waals surface area contributed by atoms with Crippen LogP contribution in [0.2, 0.25) is 0 Å². The fourth-order valence-corrected chi connectivity index (χ4v) is 2.49. The molecule has 0 aliphatic heterocycles. The SMILES string of the molecule is CCc1ccc(C(C)C(=O)NCC(O)c2ccc(OC)cc2)cc1. The van der Waals surface area contributed by atoms with Gasteiger partial charge in [-0.15, -0.1) is 0 Å². The van der Waals surface area contributed by atoms with Crippen LogP contribution in [0.15, 0.2) is 48.5 Å². The predicted octanol–water partition coefficient (Wildman–Crippen LogP) is 3.21. The van der Waals surface area contributed by atoms with Crippen LogP contribution in [-0.4, -0.2) is 24.7 Å². The van der Waals surface area contributed by atoms with Gasteiger partial charge >= 0.3 is 0 Å². The molecule has 0 aliphatic carbocycles. The standard InChI is InChI=1S/C20H25NO3/c1-4-15-5-7-16(8-6-15)14(2)20(23)21-13-19(22)17-9-11-18(24-3)12-10-17/h5-12,14,19,22H,4,13H2,1-3H3,(H,21,23). The molecule has 2 N–H and O–H groups in total. The molecule has 1 amide bonds. The highest BCUT2D eigenvalue weighted by Crippen LogP contribution is 2.19. The molecule has 2 rings (SSSR count). The first-order valence-electron chi connectivity index (χ1n) is 8.23. The number of hydrogen-bond donors (Lipinski definition) is 2. The van der Waals surface area contributed by atoms with E-state index in [9.17, 15) is 9.90 Å². The van der Waals surface area contributed by atoms with E-state index in [4.69, 9.17) is 4.74 Å². The third-order valence-corrected chi connectivity index (χ3v) is 4.25. The number of amides is 1. The van der Waals surface area contributed by atoms with Crippen LogP contribution in [0.1, 0.15) is 42.6 Å². The summed E-state index contributed by atoms with van der Waals surface area (Å²) in [7, 11) is 1.60. The minimum Gasteiger partial charge on any atom is -0.497 e. The van der Waals surface area contributed by atoms with Gasteiger partial charge in [0.1, 0.15) is 5.75 Å². The zero-order valence-corrected chi connectivity index (χ0v) is 14.5. The fourth-order valence-electron chi connectivity index (χ4n) is 2.49. The van der Waals surface area contributed by atoms with Crippen molar-refractivity contribution in [3.05, 3.63) is 65.2 Å². The van der Waals surface area contributed by atoms with Crippen molar-refractivity contribution in [1.29, 1.82) is 0 Å². The molecule has 0 aliphatic rings. The second-order valence-electron chi connectivity index (χ2n) is 5.85. The van der Waals surface area contributed by atoms with Gasteiger partial charge in [-0.3, -0.25) is 4.79 Å². The number of ether oxygens (including phenoxy) is 1. The number of carbonyl (C=O) groups excluding carboxylic acids is 1. The molecule has 128 valence electrons. The Morgan fingerprint density at radius 2 is 1.67 bits per heavy atom. The van der Waals surface area contributed by atoms with Gasteiger partial charge in [-0.2, -0.15) is 0 Å². The van der Waals surface area contributed by atoms with E-state index in [0.29, 0.717) is 0 Å². The Morgan fingerprint density at radius 3 is 2.21 bits per heavy atom. The molecule has 4 heteroatoms. The lowest BCUT2D eigenvalue weighted by Crippen LogP contribution is -2.31. The molecule has 2 unspecified atom stereocenters. The van der Waals surface area contributed by atoms with Crippen LogP contribution in [-0.2, 0) is 11.2 Å². The minimum absolute atomic E-state index is 0.0909. The maximum absolute atomic E-state index is 12.3. The van der Waals surface area contributed by atoms with Crippen molar-refractivity contribution in [3.8, 4) is 5.75 Å². The fraction of sp³-hybridized carbons (Fsp3) is 0.350. The van der Waals surface area contributed by atoms with Gasteiger partial charge in [0.2, 0.25) is 5.91 Å². The van der Waals surface area contributed by atoms with Crippen LogP contribution in [0.3, 0.4) is 0 Å². The van der Waals surface area contributed by atoms with Crippen molar-refractivity contribution in [2.75, 3.05) is 13.7 Å². The molecule has 2 aromatic rings. The molecule has 0 spiro atoms. The molecule has 0 bridgehead atoms. The van der Waals surface area contributed by atoms with Crippen LogP contribution in [0, 0.1) is 0 Å². The average molecular weight is 327 g/mol. The Morgan fingerprint density at radius 1 is 1.08 bits per heavy atom. The summed E-state index contributed by atoms with van der Waals surface area (Å²) in [5, 5.41) is 13.0. The van der Waals surface area contributed by atoms with Crippen LogP contribution in [0.25, 0.3) is 0 Å². The van der Waals surface area contributed by atoms with Crippen LogP contribution in [0.5, 0.6) is 5.75 Å². The number of nitrogens with one attached hydrogen (secondary N) is 1. The van der Waals surface area contributed by atoms with E-state index in [0.717, 1.165) is 23.3 Å². The molecule has 0 fully saturated rings. The molecule has 2 atom stereocenters. The summed E-state index contributed by atoms with van der Waals surface area (Å²) in [6.07, 6.45) is 0.240. The van der Waals surface area contributed by atoms with Crippen LogP contribution >= 0.6 is 0 Å². The predicted molar refractivity (Wildman–Crippen MR) is 95.2 cm³/mol. The molecule has 2 aromatic carbocycles. The van der Waals surface area contributed by atoms with Gasteiger partial charge < -0.3 is 15.2 Å². The molecular weight excluding hydrogens is 302 g/mol. The van der Waals surface area contributed by atoms with Gasteiger partial charge in [0.05, 0.1) is 19.1 Å². The maximum Gasteiger partial charge on any atom is 0.227 e. The Labute approximate surface area is 143 Å². The average Bonchev–Trinajstić information content (AvgIpc) is 2.65. The van der Waals surface area contributed by atoms with E-state index >= 15 is 0 Å². The summed E-state index contributed by atoms with van der Waals surface area (Å²) in [6.45, 7) is 4.16. The molecular formula is C20H25NO3. The minimum atomic E-state index is -0.741. The Kier molecular flexibility index (Phi) is 6.38. The van der Waals surface area contributed by atoms with E-state index in [-0.39, 0.29) is 18.4 Å². The zero-order valence-electron chi connectivity index (χ0n) is 14.5. The first-order chi connectivity index (χ1) is 11.5. The molecule has 0 heterocycles. The summed E-state index contributed by atoms with van der Waals surface area (Å²) in [4.78, 5) is 12.3. The summed E-state index contributed by atoms with van der Waals surface area (Å²) in [5.41, 5.74) is 2.97. The first-order valence-corrected chi connectivity index (χ1v) is 8.23. The third-order valence-electron chi connectivity index (χ3n) is 4.25. The van der Waals surface area contributed by atoms with Crippen molar-refractivity contribution >= 4 is 5.91 Å². The Bertz CT molecular complexity index is 650. The van der Waals surface area contributed by atoms with Crippen molar-refractivity contribution in [2.24, 2.45) is 0 Å². The third kappa shape index (κ3) is 4.59. The Balaban J connectivity index is 1.90. The van der Waals surface area contributed by atoms with Crippen molar-refractivity contribution in [1.82, 2.24) is 5.32 Å². The number of aryl methyl sites for hydroxylation is 1. The smallest absolute Gasteiger partial charge is 0.227 e. The molecule has 0 saturated carbocycles. The van der Waals surface area contributed by atoms with Gasteiger partial charge in [0, 0.05) is 6.54 Å². The van der Waals surface area contributed by atoms with Crippen LogP contribution < -0.4 is 10.1 Å². The number of rotatable bonds is 7. The van der Waals surface area contributed by atoms with Crippen molar-refractivity contribution in [2.45, 2.75) is 32.3 Å². The van der Waals surface area contributed by atoms with E-state index in [1.54, 1.807) is 31.4 Å². The number of methoxy groups -OCH3 is 1. The van der Waals surface area contributed by atoms with E-state index in [1.165, 1.54) is 5.56 Å². The monoisotopic (exact) mass is 327 g/mol. The molecule has 0 aromatic heterocycles. The molecule has 0 saturated heterocycles. The first kappa shape index (κ1) is 18.0. The largest absolute Gasteiger partial charge is 0.497 e. The van der Waals surface area contributed by atoms with E-state index < -0.39 is 6.10 Å². The lowest BCUT2D eigenvalue weighted by molar-refractivity contribution is -0.122. The van der Waals surface area contributed by atoms with Crippen LogP contribution in [0.4, 0.5) is 0 Å². The summed E-state index contributed by atoms with van der Waals surface area (Å²) >= 11 is 0. The second kappa shape index (κ2) is 8.50. The highest BCUT2D eigenvalue weighted by atomic mass is 16.5. The summed E-state index contributed by atoms with van der Waals surface area (Å²) < 4.78 is 5.09. The quantitative estimate of drug-likeness (QED) is 0.821. The van der Waals surface area contributed by atoms with Gasteiger partial charge in [0.15, 0.2) is 0 Å². The van der Waals surface area contributed by atoms with Gasteiger partial charge in [-0.25, -0.2) is 0 Å². The maximum atomic E-state index is 12.3. The topological polar surface area (TPSA) is 58.6 Å². The number of hydrogen-bond acceptors (Lipinski definition) is 3. The van der Waals surface area contributed by atoms with Crippen molar-refractivity contribution in [3.63, 3.8) is 0 Å². The normalized spacial score (nSPS) is 13.2. The highest BCUT2D eigenvalue weighted by molar-refractivity contribution is 5.83. The molecule has 4 nitrogen and oxygen atoms in total. The lowest BCUT2D eigenvalue weighted by Gasteiger charge is -2.16. The van der Waals surface area contributed by atoms with Gasteiger partial charge in [-0.05, 0) is 42.2 Å². The molecule has 0 radical (unpaired) electrons. The van der Waals surface area contributed by atoms with Gasteiger partial charge in [-0.1, -0.05) is 43.3 Å². The highest BCUT2D eigenvalue weighted by Gasteiger charge is 2.16. The summed E-state index contributed by atoms with van der Waals surface area (Å²) in [5.74, 6) is 0.393. The number of aliphatic hydroxyl groups excluding tert-OH is 1. The second-order valence-corrected chi connectivity index (χ2v) is 5.85. The number of carbonyl (C=O) groups is 1. The summed E-state index contributed by atoms with van der Waals surface area (Å²) in [6, 6.07) is 15.2. The Hall–Kier alpha value is -2.33. The zero-order chi connectivity index (χ0) is 17.5. The van der Waals surface area contributed by atoms with E-state index in [2.05, 4.69) is 12.2 Å². The lowest BCUT2D eigenvalue weighted by atomic mass is 9.98.